The zero-order chi connectivity index (χ0) is 15.3. The molecule has 108 valence electrons. The average Bonchev–Trinajstić information content (AvgIpc) is 2.80. The van der Waals surface area contributed by atoms with E-state index in [4.69, 9.17) is 0 Å². The van der Waals surface area contributed by atoms with Crippen LogP contribution in [0.25, 0.3) is 27.5 Å². The molecule has 0 fully saturated rings. The number of benzene rings is 3. The van der Waals surface area contributed by atoms with Gasteiger partial charge in [0.2, 0.25) is 0 Å². The minimum atomic E-state index is 1.09. The summed E-state index contributed by atoms with van der Waals surface area (Å²) in [7, 11) is 0. The second-order valence-corrected chi connectivity index (χ2v) is 8.10. The molecular weight excluding hydrogens is 517 g/mol. The largest absolute Gasteiger partial charge is 0.308 e. The van der Waals surface area contributed by atoms with E-state index < -0.39 is 0 Å². The predicted molar refractivity (Wildman–Crippen MR) is 109 cm³/mol. The first kappa shape index (κ1) is 14.7. The summed E-state index contributed by atoms with van der Waals surface area (Å²) < 4.78 is 5.75. The minimum Gasteiger partial charge on any atom is -0.308 e. The van der Waals surface area contributed by atoms with Gasteiger partial charge in [-0.05, 0) is 59.0 Å². The van der Waals surface area contributed by atoms with Gasteiger partial charge in [0, 0.05) is 23.3 Å². The molecule has 0 N–H and O–H groups in total. The Morgan fingerprint density at radius 2 is 1.27 bits per heavy atom. The normalized spacial score (nSPS) is 11.4. The first-order valence-corrected chi connectivity index (χ1v) is 9.46. The van der Waals surface area contributed by atoms with Crippen LogP contribution in [-0.2, 0) is 0 Å². The van der Waals surface area contributed by atoms with Gasteiger partial charge >= 0.3 is 0 Å². The van der Waals surface area contributed by atoms with Crippen LogP contribution in [-0.4, -0.2) is 4.57 Å². The molecule has 0 atom stereocenters. The molecule has 1 nitrogen and oxygen atoms in total. The Bertz CT molecular complexity index is 961. The van der Waals surface area contributed by atoms with E-state index >= 15 is 0 Å². The molecule has 1 aromatic heterocycles. The Morgan fingerprint density at radius 3 is 1.82 bits per heavy atom. The molecule has 0 aliphatic heterocycles. The van der Waals surface area contributed by atoms with Gasteiger partial charge < -0.3 is 4.57 Å². The highest BCUT2D eigenvalue weighted by Crippen LogP contribution is 2.36. The third kappa shape index (κ3) is 2.32. The molecule has 0 aliphatic carbocycles. The van der Waals surface area contributed by atoms with E-state index in [1.807, 2.05) is 0 Å². The lowest BCUT2D eigenvalue weighted by Crippen LogP contribution is -1.96. The van der Waals surface area contributed by atoms with Gasteiger partial charge in [0.15, 0.2) is 0 Å². The van der Waals surface area contributed by atoms with Crippen molar-refractivity contribution in [3.05, 3.63) is 73.2 Å². The summed E-state index contributed by atoms with van der Waals surface area (Å²) in [5, 5.41) is 2.54. The quantitative estimate of drug-likeness (QED) is 0.237. The summed E-state index contributed by atoms with van der Waals surface area (Å²) in [4.78, 5) is 0. The topological polar surface area (TPSA) is 4.93 Å². The molecule has 0 aliphatic rings. The van der Waals surface area contributed by atoms with Gasteiger partial charge in [-0.3, -0.25) is 0 Å². The Labute approximate surface area is 158 Å². The highest BCUT2D eigenvalue weighted by molar-refractivity contribution is 14.1. The van der Waals surface area contributed by atoms with E-state index in [0.29, 0.717) is 0 Å². The number of hydrogen-bond acceptors (Lipinski definition) is 0. The van der Waals surface area contributed by atoms with Gasteiger partial charge in [0.25, 0.3) is 0 Å². The zero-order valence-electron chi connectivity index (χ0n) is 11.4. The van der Waals surface area contributed by atoms with Crippen molar-refractivity contribution < 1.29 is 0 Å². The number of aromatic nitrogens is 1. The highest BCUT2D eigenvalue weighted by atomic mass is 127. The SMILES string of the molecule is Brc1ccc2c3ccc(Br)cc3n(-c3ccccc3I)c2c1. The van der Waals surface area contributed by atoms with Gasteiger partial charge in [-0.25, -0.2) is 0 Å². The number of halogens is 3. The van der Waals surface area contributed by atoms with E-state index in [9.17, 15) is 0 Å². The number of hydrogen-bond donors (Lipinski definition) is 0. The molecule has 0 saturated heterocycles. The molecule has 0 radical (unpaired) electrons. The Kier molecular flexibility index (Phi) is 3.78. The van der Waals surface area contributed by atoms with Crippen LogP contribution in [0.2, 0.25) is 0 Å². The maximum Gasteiger partial charge on any atom is 0.0595 e. The maximum atomic E-state index is 3.60. The number of rotatable bonds is 1. The molecule has 1 heterocycles. The first-order chi connectivity index (χ1) is 10.6. The molecule has 0 saturated carbocycles. The van der Waals surface area contributed by atoms with E-state index in [0.717, 1.165) is 8.95 Å². The van der Waals surface area contributed by atoms with Crippen LogP contribution in [0.3, 0.4) is 0 Å². The average molecular weight is 527 g/mol. The fraction of sp³-hybridized carbons (Fsp3) is 0. The summed E-state index contributed by atoms with van der Waals surface area (Å²) in [5.74, 6) is 0. The van der Waals surface area contributed by atoms with Crippen molar-refractivity contribution in [3.8, 4) is 5.69 Å². The summed E-state index contributed by atoms with van der Waals surface area (Å²) in [6.45, 7) is 0. The third-order valence-corrected chi connectivity index (χ3v) is 5.68. The van der Waals surface area contributed by atoms with Crippen LogP contribution in [0.5, 0.6) is 0 Å². The monoisotopic (exact) mass is 525 g/mol. The van der Waals surface area contributed by atoms with Gasteiger partial charge in [-0.1, -0.05) is 56.1 Å². The molecule has 22 heavy (non-hydrogen) atoms. The highest BCUT2D eigenvalue weighted by Gasteiger charge is 2.14. The van der Waals surface area contributed by atoms with Crippen molar-refractivity contribution in [2.24, 2.45) is 0 Å². The zero-order valence-corrected chi connectivity index (χ0v) is 16.7. The van der Waals surface area contributed by atoms with Crippen molar-refractivity contribution in [3.63, 3.8) is 0 Å². The van der Waals surface area contributed by atoms with Crippen molar-refractivity contribution in [2.45, 2.75) is 0 Å². The molecule has 0 bridgehead atoms. The summed E-state index contributed by atoms with van der Waals surface area (Å²) in [6.07, 6.45) is 0. The molecule has 0 amide bonds. The molecule has 0 spiro atoms. The Hall–Kier alpha value is -0.850. The first-order valence-electron chi connectivity index (χ1n) is 6.79. The Balaban J connectivity index is 2.25. The lowest BCUT2D eigenvalue weighted by molar-refractivity contribution is 1.16. The van der Waals surface area contributed by atoms with Gasteiger partial charge in [-0.15, -0.1) is 0 Å². The molecule has 4 heteroatoms. The Morgan fingerprint density at radius 1 is 0.727 bits per heavy atom. The summed E-state index contributed by atoms with van der Waals surface area (Å²) >= 11 is 9.61. The second-order valence-electron chi connectivity index (χ2n) is 5.11. The van der Waals surface area contributed by atoms with Crippen LogP contribution in [0, 0.1) is 3.57 Å². The molecular formula is C18H10Br2IN. The summed E-state index contributed by atoms with van der Waals surface area (Å²) in [5.41, 5.74) is 3.64. The lowest BCUT2D eigenvalue weighted by Gasteiger charge is -2.10. The molecule has 0 unspecified atom stereocenters. The van der Waals surface area contributed by atoms with Crippen LogP contribution in [0.4, 0.5) is 0 Å². The van der Waals surface area contributed by atoms with Crippen molar-refractivity contribution >= 4 is 76.3 Å². The second kappa shape index (κ2) is 5.65. The van der Waals surface area contributed by atoms with E-state index in [2.05, 4.69) is 120 Å². The predicted octanol–water partition coefficient (Wildman–Crippen LogP) is 6.91. The van der Waals surface area contributed by atoms with Gasteiger partial charge in [0.1, 0.15) is 0 Å². The van der Waals surface area contributed by atoms with E-state index in [1.54, 1.807) is 0 Å². The molecule has 4 aromatic rings. The number of nitrogens with zero attached hydrogens (tertiary/aromatic N) is 1. The van der Waals surface area contributed by atoms with Crippen molar-refractivity contribution in [2.75, 3.05) is 0 Å². The van der Waals surface area contributed by atoms with E-state index in [1.165, 1.54) is 31.1 Å². The van der Waals surface area contributed by atoms with Crippen LogP contribution < -0.4 is 0 Å². The minimum absolute atomic E-state index is 1.09. The summed E-state index contributed by atoms with van der Waals surface area (Å²) in [6, 6.07) is 21.4. The maximum absolute atomic E-state index is 3.60. The number of para-hydroxylation sites is 1. The van der Waals surface area contributed by atoms with Crippen LogP contribution in [0.1, 0.15) is 0 Å². The molecule has 4 rings (SSSR count). The van der Waals surface area contributed by atoms with Gasteiger partial charge in [0.05, 0.1) is 16.7 Å². The number of fused-ring (bicyclic) bond motifs is 3. The smallest absolute Gasteiger partial charge is 0.0595 e. The fourth-order valence-corrected chi connectivity index (χ4v) is 4.18. The lowest BCUT2D eigenvalue weighted by atomic mass is 10.2. The van der Waals surface area contributed by atoms with E-state index in [-0.39, 0.29) is 0 Å². The molecule has 3 aromatic carbocycles. The van der Waals surface area contributed by atoms with Crippen LogP contribution >= 0.6 is 54.5 Å². The van der Waals surface area contributed by atoms with Crippen LogP contribution in [0.15, 0.2) is 69.6 Å². The standard InChI is InChI=1S/C18H10Br2IN/c19-11-5-7-13-14-8-6-12(20)10-18(14)22(17(13)9-11)16-4-2-1-3-15(16)21/h1-10H. The van der Waals surface area contributed by atoms with Crippen molar-refractivity contribution in [1.29, 1.82) is 0 Å². The van der Waals surface area contributed by atoms with Crippen molar-refractivity contribution in [1.82, 2.24) is 4.57 Å². The third-order valence-electron chi connectivity index (χ3n) is 3.78. The van der Waals surface area contributed by atoms with Gasteiger partial charge in [-0.2, -0.15) is 0 Å². The fourth-order valence-electron chi connectivity index (χ4n) is 2.86.